The molecule has 4 nitrogen and oxygen atoms in total. The van der Waals surface area contributed by atoms with Crippen LogP contribution in [0.1, 0.15) is 11.1 Å². The van der Waals surface area contributed by atoms with E-state index in [1.54, 1.807) is 20.3 Å². The maximum atomic E-state index is 5.98. The zero-order valence-electron chi connectivity index (χ0n) is 12.5. The van der Waals surface area contributed by atoms with Crippen LogP contribution >= 0.6 is 23.2 Å². The summed E-state index contributed by atoms with van der Waals surface area (Å²) in [4.78, 5) is 0. The summed E-state index contributed by atoms with van der Waals surface area (Å²) in [5, 5.41) is 1.12. The molecule has 0 saturated carbocycles. The molecule has 118 valence electrons. The largest absolute Gasteiger partial charge is 0.493 e. The van der Waals surface area contributed by atoms with Crippen molar-refractivity contribution in [2.75, 3.05) is 14.2 Å². The van der Waals surface area contributed by atoms with Crippen molar-refractivity contribution in [1.82, 2.24) is 10.9 Å². The summed E-state index contributed by atoms with van der Waals surface area (Å²) < 4.78 is 10.5. The molecule has 0 bridgehead atoms. The van der Waals surface area contributed by atoms with Gasteiger partial charge < -0.3 is 9.47 Å². The topological polar surface area (TPSA) is 42.5 Å². The summed E-state index contributed by atoms with van der Waals surface area (Å²) in [6, 6.07) is 11.4. The lowest BCUT2D eigenvalue weighted by Crippen LogP contribution is -2.30. The Bertz CT molecular complexity index is 636. The van der Waals surface area contributed by atoms with Crippen LogP contribution in [0.15, 0.2) is 36.4 Å². The molecule has 6 heteroatoms. The Labute approximate surface area is 140 Å². The monoisotopic (exact) mass is 340 g/mol. The van der Waals surface area contributed by atoms with Crippen LogP contribution in [0.2, 0.25) is 10.0 Å². The van der Waals surface area contributed by atoms with Crippen molar-refractivity contribution in [1.29, 1.82) is 0 Å². The predicted octanol–water partition coefficient (Wildman–Crippen LogP) is 3.81. The molecule has 0 aromatic heterocycles. The van der Waals surface area contributed by atoms with Gasteiger partial charge in [-0.1, -0.05) is 35.3 Å². The highest BCUT2D eigenvalue weighted by atomic mass is 35.5. The number of nitrogens with one attached hydrogen (secondary N) is 2. The Kier molecular flexibility index (Phi) is 6.34. The van der Waals surface area contributed by atoms with E-state index in [9.17, 15) is 0 Å². The molecule has 0 aliphatic heterocycles. The Morgan fingerprint density at radius 2 is 1.36 bits per heavy atom. The van der Waals surface area contributed by atoms with Gasteiger partial charge in [-0.3, -0.25) is 10.9 Å². The smallest absolute Gasteiger partial charge is 0.161 e. The van der Waals surface area contributed by atoms with Gasteiger partial charge in [-0.15, -0.1) is 0 Å². The maximum Gasteiger partial charge on any atom is 0.161 e. The fraction of sp³-hybridized carbons (Fsp3) is 0.250. The molecule has 0 aliphatic rings. The van der Waals surface area contributed by atoms with Crippen molar-refractivity contribution in [3.05, 3.63) is 57.6 Å². The lowest BCUT2D eigenvalue weighted by Gasteiger charge is -2.11. The van der Waals surface area contributed by atoms with Crippen molar-refractivity contribution in [3.63, 3.8) is 0 Å². The molecule has 0 heterocycles. The average Bonchev–Trinajstić information content (AvgIpc) is 2.54. The summed E-state index contributed by atoms with van der Waals surface area (Å²) >= 11 is 11.9. The quantitative estimate of drug-likeness (QED) is 0.594. The summed E-state index contributed by atoms with van der Waals surface area (Å²) in [6.07, 6.45) is 0. The molecule has 2 rings (SSSR count). The van der Waals surface area contributed by atoms with Crippen LogP contribution in [0.25, 0.3) is 0 Å². The van der Waals surface area contributed by atoms with E-state index in [0.29, 0.717) is 28.9 Å². The third-order valence-electron chi connectivity index (χ3n) is 3.14. The predicted molar refractivity (Wildman–Crippen MR) is 89.7 cm³/mol. The molecule has 0 aliphatic carbocycles. The molecule has 2 aromatic carbocycles. The van der Waals surface area contributed by atoms with E-state index in [1.807, 2.05) is 30.3 Å². The van der Waals surface area contributed by atoms with E-state index in [-0.39, 0.29) is 0 Å². The van der Waals surface area contributed by atoms with Crippen LogP contribution < -0.4 is 20.3 Å². The van der Waals surface area contributed by atoms with Crippen LogP contribution in [0.4, 0.5) is 0 Å². The summed E-state index contributed by atoms with van der Waals surface area (Å²) in [5.41, 5.74) is 8.42. The Morgan fingerprint density at radius 1 is 0.773 bits per heavy atom. The molecule has 22 heavy (non-hydrogen) atoms. The van der Waals surface area contributed by atoms with Crippen LogP contribution in [-0.2, 0) is 13.1 Å². The lowest BCUT2D eigenvalue weighted by atomic mass is 10.2. The van der Waals surface area contributed by atoms with E-state index in [2.05, 4.69) is 10.9 Å². The Balaban J connectivity index is 1.84. The van der Waals surface area contributed by atoms with Gasteiger partial charge in [-0.2, -0.15) is 0 Å². The highest BCUT2D eigenvalue weighted by Crippen LogP contribution is 2.27. The number of ether oxygens (including phenoxy) is 2. The Hall–Kier alpha value is -1.46. The standard InChI is InChI=1S/C16H18Cl2N2O2/c1-21-15-6-4-12(8-16(15)22-2)10-20-19-9-11-3-5-13(17)14(18)7-11/h3-8,19-20H,9-10H2,1-2H3. The molecule has 2 N–H and O–H groups in total. The van der Waals surface area contributed by atoms with Crippen LogP contribution in [0, 0.1) is 0 Å². The van der Waals surface area contributed by atoms with Crippen LogP contribution in [0.3, 0.4) is 0 Å². The zero-order chi connectivity index (χ0) is 15.9. The minimum atomic E-state index is 0.556. The molecule has 0 fully saturated rings. The Morgan fingerprint density at radius 3 is 1.95 bits per heavy atom. The molecular weight excluding hydrogens is 323 g/mol. The second-order valence-corrected chi connectivity index (χ2v) is 5.46. The van der Waals surface area contributed by atoms with E-state index in [4.69, 9.17) is 32.7 Å². The molecular formula is C16H18Cl2N2O2. The third-order valence-corrected chi connectivity index (χ3v) is 3.88. The number of halogens is 2. The van der Waals surface area contributed by atoms with Gasteiger partial charge in [0.15, 0.2) is 11.5 Å². The second-order valence-electron chi connectivity index (χ2n) is 4.64. The molecule has 0 saturated heterocycles. The fourth-order valence-corrected chi connectivity index (χ4v) is 2.29. The zero-order valence-corrected chi connectivity index (χ0v) is 14.0. The van der Waals surface area contributed by atoms with Gasteiger partial charge in [0, 0.05) is 13.1 Å². The molecule has 0 spiro atoms. The summed E-state index contributed by atoms with van der Waals surface area (Å²) in [7, 11) is 3.24. The third kappa shape index (κ3) is 4.52. The number of hydrogen-bond donors (Lipinski definition) is 2. The lowest BCUT2D eigenvalue weighted by molar-refractivity contribution is 0.354. The molecule has 0 radical (unpaired) electrons. The van der Waals surface area contributed by atoms with Crippen LogP contribution in [0.5, 0.6) is 11.5 Å². The molecule has 0 atom stereocenters. The van der Waals surface area contributed by atoms with Crippen molar-refractivity contribution >= 4 is 23.2 Å². The van der Waals surface area contributed by atoms with Gasteiger partial charge in [-0.05, 0) is 35.4 Å². The number of hydrazine groups is 1. The molecule has 0 amide bonds. The first-order valence-electron chi connectivity index (χ1n) is 6.74. The highest BCUT2D eigenvalue weighted by Gasteiger charge is 2.04. The highest BCUT2D eigenvalue weighted by molar-refractivity contribution is 6.42. The number of hydrogen-bond acceptors (Lipinski definition) is 4. The van der Waals surface area contributed by atoms with E-state index in [0.717, 1.165) is 16.9 Å². The minimum absolute atomic E-state index is 0.556. The van der Waals surface area contributed by atoms with Gasteiger partial charge in [0.2, 0.25) is 0 Å². The minimum Gasteiger partial charge on any atom is -0.493 e. The van der Waals surface area contributed by atoms with E-state index < -0.39 is 0 Å². The first-order valence-corrected chi connectivity index (χ1v) is 7.50. The first kappa shape index (κ1) is 16.9. The first-order chi connectivity index (χ1) is 10.6. The van der Waals surface area contributed by atoms with Gasteiger partial charge in [0.1, 0.15) is 0 Å². The van der Waals surface area contributed by atoms with Gasteiger partial charge in [0.25, 0.3) is 0 Å². The number of methoxy groups -OCH3 is 2. The van der Waals surface area contributed by atoms with E-state index >= 15 is 0 Å². The van der Waals surface area contributed by atoms with Crippen molar-refractivity contribution in [2.24, 2.45) is 0 Å². The van der Waals surface area contributed by atoms with Gasteiger partial charge in [0.05, 0.1) is 24.3 Å². The van der Waals surface area contributed by atoms with E-state index in [1.165, 1.54) is 0 Å². The normalized spacial score (nSPS) is 10.5. The van der Waals surface area contributed by atoms with Crippen molar-refractivity contribution in [2.45, 2.75) is 13.1 Å². The number of benzene rings is 2. The molecule has 0 unspecified atom stereocenters. The average molecular weight is 341 g/mol. The van der Waals surface area contributed by atoms with Gasteiger partial charge >= 0.3 is 0 Å². The van der Waals surface area contributed by atoms with Gasteiger partial charge in [-0.25, -0.2) is 0 Å². The second kappa shape index (κ2) is 8.25. The summed E-state index contributed by atoms with van der Waals surface area (Å²) in [6.45, 7) is 1.30. The van der Waals surface area contributed by atoms with Crippen molar-refractivity contribution in [3.8, 4) is 11.5 Å². The van der Waals surface area contributed by atoms with Crippen molar-refractivity contribution < 1.29 is 9.47 Å². The fourth-order valence-electron chi connectivity index (χ4n) is 1.97. The molecule has 2 aromatic rings. The van der Waals surface area contributed by atoms with Crippen LogP contribution in [-0.4, -0.2) is 14.2 Å². The maximum absolute atomic E-state index is 5.98. The summed E-state index contributed by atoms with van der Waals surface area (Å²) in [5.74, 6) is 1.43. The number of rotatable bonds is 7. The SMILES string of the molecule is COc1ccc(CNNCc2ccc(Cl)c(Cl)c2)cc1OC.